The van der Waals surface area contributed by atoms with Crippen molar-refractivity contribution in [3.8, 4) is 11.1 Å². The minimum atomic E-state index is -3.25. The van der Waals surface area contributed by atoms with Gasteiger partial charge in [0.25, 0.3) is 6.43 Å². The lowest BCUT2D eigenvalue weighted by Gasteiger charge is -2.25. The van der Waals surface area contributed by atoms with Crippen LogP contribution in [0.2, 0.25) is 0 Å². The molecular formula is C17H16F3NO. The van der Waals surface area contributed by atoms with Gasteiger partial charge in [-0.2, -0.15) is 0 Å². The molecule has 1 unspecified atom stereocenters. The quantitative estimate of drug-likeness (QED) is 0.736. The SMILES string of the molecule is CCC(=O)N(c1ccc(-c2ccccc2)cc1)C(F)C(F)F. The van der Waals surface area contributed by atoms with Crippen molar-refractivity contribution in [1.29, 1.82) is 0 Å². The third-order valence-electron chi connectivity index (χ3n) is 3.28. The van der Waals surface area contributed by atoms with Crippen molar-refractivity contribution in [3.63, 3.8) is 0 Å². The Kier molecular flexibility index (Phi) is 5.20. The molecule has 2 aromatic carbocycles. The Hall–Kier alpha value is -2.30. The predicted molar refractivity (Wildman–Crippen MR) is 80.6 cm³/mol. The van der Waals surface area contributed by atoms with Gasteiger partial charge < -0.3 is 0 Å². The van der Waals surface area contributed by atoms with Crippen LogP contribution in [0.5, 0.6) is 0 Å². The number of hydrogen-bond donors (Lipinski definition) is 0. The van der Waals surface area contributed by atoms with Gasteiger partial charge in [-0.1, -0.05) is 49.4 Å². The van der Waals surface area contributed by atoms with Crippen LogP contribution in [0.1, 0.15) is 13.3 Å². The lowest BCUT2D eigenvalue weighted by molar-refractivity contribution is -0.121. The highest BCUT2D eigenvalue weighted by atomic mass is 19.3. The highest BCUT2D eigenvalue weighted by Gasteiger charge is 2.31. The molecule has 0 heterocycles. The number of halogens is 3. The molecule has 0 aromatic heterocycles. The van der Waals surface area contributed by atoms with Crippen LogP contribution in [0.25, 0.3) is 11.1 Å². The van der Waals surface area contributed by atoms with Crippen LogP contribution >= 0.6 is 0 Å². The number of amides is 1. The normalized spacial score (nSPS) is 12.2. The molecule has 0 saturated carbocycles. The zero-order valence-corrected chi connectivity index (χ0v) is 12.0. The molecule has 0 radical (unpaired) electrons. The van der Waals surface area contributed by atoms with Gasteiger partial charge in [-0.3, -0.25) is 9.69 Å². The van der Waals surface area contributed by atoms with Gasteiger partial charge in [0.1, 0.15) is 0 Å². The van der Waals surface area contributed by atoms with E-state index < -0.39 is 18.6 Å². The van der Waals surface area contributed by atoms with Gasteiger partial charge in [0.2, 0.25) is 12.2 Å². The maximum absolute atomic E-state index is 13.7. The van der Waals surface area contributed by atoms with Crippen molar-refractivity contribution in [2.24, 2.45) is 0 Å². The molecule has 116 valence electrons. The Balaban J connectivity index is 2.32. The average Bonchev–Trinajstić information content (AvgIpc) is 2.56. The molecule has 1 amide bonds. The number of benzene rings is 2. The van der Waals surface area contributed by atoms with Crippen molar-refractivity contribution in [1.82, 2.24) is 0 Å². The van der Waals surface area contributed by atoms with E-state index in [1.54, 1.807) is 12.1 Å². The van der Waals surface area contributed by atoms with E-state index >= 15 is 0 Å². The van der Waals surface area contributed by atoms with Crippen molar-refractivity contribution in [2.45, 2.75) is 26.1 Å². The smallest absolute Gasteiger partial charge is 0.276 e. The second-order valence-electron chi connectivity index (χ2n) is 4.74. The summed E-state index contributed by atoms with van der Waals surface area (Å²) in [6, 6.07) is 15.8. The fourth-order valence-corrected chi connectivity index (χ4v) is 2.15. The fraction of sp³-hybridized carbons (Fsp3) is 0.235. The third kappa shape index (κ3) is 3.47. The highest BCUT2D eigenvalue weighted by Crippen LogP contribution is 2.26. The summed E-state index contributed by atoms with van der Waals surface area (Å²) in [5.41, 5.74) is 1.94. The van der Waals surface area contributed by atoms with E-state index in [4.69, 9.17) is 0 Å². The summed E-state index contributed by atoms with van der Waals surface area (Å²) in [6.45, 7) is 1.51. The third-order valence-corrected chi connectivity index (χ3v) is 3.28. The molecule has 2 aromatic rings. The first kappa shape index (κ1) is 16.1. The Morgan fingerprint density at radius 2 is 1.50 bits per heavy atom. The Morgan fingerprint density at radius 3 is 2.00 bits per heavy atom. The number of anilines is 1. The number of carbonyl (C=O) groups excluding carboxylic acids is 1. The van der Waals surface area contributed by atoms with E-state index in [1.807, 2.05) is 30.3 Å². The van der Waals surface area contributed by atoms with Gasteiger partial charge in [0, 0.05) is 12.1 Å². The van der Waals surface area contributed by atoms with E-state index in [1.165, 1.54) is 19.1 Å². The molecule has 22 heavy (non-hydrogen) atoms. The van der Waals surface area contributed by atoms with Gasteiger partial charge in [-0.25, -0.2) is 13.2 Å². The second kappa shape index (κ2) is 7.11. The molecule has 5 heteroatoms. The van der Waals surface area contributed by atoms with Crippen LogP contribution < -0.4 is 4.90 Å². The van der Waals surface area contributed by atoms with Crippen LogP contribution in [0.15, 0.2) is 54.6 Å². The zero-order chi connectivity index (χ0) is 16.1. The molecule has 2 rings (SSSR count). The van der Waals surface area contributed by atoms with Crippen molar-refractivity contribution in [2.75, 3.05) is 4.90 Å². The summed E-state index contributed by atoms with van der Waals surface area (Å²) in [7, 11) is 0. The minimum absolute atomic E-state index is 0.0480. The van der Waals surface area contributed by atoms with Gasteiger partial charge in [0.05, 0.1) is 0 Å². The lowest BCUT2D eigenvalue weighted by Crippen LogP contribution is -2.41. The van der Waals surface area contributed by atoms with E-state index in [0.29, 0.717) is 4.90 Å². The van der Waals surface area contributed by atoms with Crippen LogP contribution in [-0.2, 0) is 4.79 Å². The summed E-state index contributed by atoms with van der Waals surface area (Å²) in [5.74, 6) is -0.680. The number of alkyl halides is 3. The largest absolute Gasteiger partial charge is 0.288 e. The van der Waals surface area contributed by atoms with E-state index in [-0.39, 0.29) is 12.1 Å². The Labute approximate surface area is 127 Å². The predicted octanol–water partition coefficient (Wildman–Crippen LogP) is 4.66. The zero-order valence-electron chi connectivity index (χ0n) is 12.0. The lowest BCUT2D eigenvalue weighted by atomic mass is 10.1. The van der Waals surface area contributed by atoms with Crippen LogP contribution in [0.4, 0.5) is 18.9 Å². The first-order chi connectivity index (χ1) is 10.5. The number of hydrogen-bond acceptors (Lipinski definition) is 1. The summed E-state index contributed by atoms with van der Waals surface area (Å²) >= 11 is 0. The minimum Gasteiger partial charge on any atom is -0.276 e. The molecule has 0 spiro atoms. The molecule has 0 bridgehead atoms. The standard InChI is InChI=1S/C17H16F3NO/c1-2-15(22)21(17(20)16(18)19)14-10-8-13(9-11-14)12-6-4-3-5-7-12/h3-11,16-17H,2H2,1H3. The summed E-state index contributed by atoms with van der Waals surface area (Å²) in [4.78, 5) is 12.3. The molecular weight excluding hydrogens is 291 g/mol. The molecule has 0 fully saturated rings. The fourth-order valence-electron chi connectivity index (χ4n) is 2.15. The number of nitrogens with zero attached hydrogens (tertiary/aromatic N) is 1. The van der Waals surface area contributed by atoms with E-state index in [2.05, 4.69) is 0 Å². The first-order valence-electron chi connectivity index (χ1n) is 6.94. The Bertz CT molecular complexity index is 614. The molecule has 0 aliphatic heterocycles. The maximum atomic E-state index is 13.7. The molecule has 2 nitrogen and oxygen atoms in total. The van der Waals surface area contributed by atoms with Crippen molar-refractivity contribution >= 4 is 11.6 Å². The Morgan fingerprint density at radius 1 is 0.955 bits per heavy atom. The summed E-state index contributed by atoms with van der Waals surface area (Å²) in [6.07, 6.45) is -5.94. The number of carbonyl (C=O) groups is 1. The molecule has 0 aliphatic carbocycles. The number of rotatable bonds is 5. The second-order valence-corrected chi connectivity index (χ2v) is 4.74. The highest BCUT2D eigenvalue weighted by molar-refractivity contribution is 5.93. The van der Waals surface area contributed by atoms with Crippen LogP contribution in [0.3, 0.4) is 0 Å². The topological polar surface area (TPSA) is 20.3 Å². The molecule has 0 aliphatic rings. The van der Waals surface area contributed by atoms with E-state index in [0.717, 1.165) is 11.1 Å². The molecule has 0 saturated heterocycles. The van der Waals surface area contributed by atoms with Gasteiger partial charge in [-0.05, 0) is 23.3 Å². The van der Waals surface area contributed by atoms with Gasteiger partial charge in [-0.15, -0.1) is 0 Å². The van der Waals surface area contributed by atoms with Crippen molar-refractivity contribution in [3.05, 3.63) is 54.6 Å². The van der Waals surface area contributed by atoms with Gasteiger partial charge >= 0.3 is 0 Å². The molecule has 1 atom stereocenters. The maximum Gasteiger partial charge on any atom is 0.288 e. The summed E-state index contributed by atoms with van der Waals surface area (Å²) in [5, 5.41) is 0. The van der Waals surface area contributed by atoms with E-state index in [9.17, 15) is 18.0 Å². The van der Waals surface area contributed by atoms with Crippen molar-refractivity contribution < 1.29 is 18.0 Å². The monoisotopic (exact) mass is 307 g/mol. The first-order valence-corrected chi connectivity index (χ1v) is 6.94. The summed E-state index contributed by atoms with van der Waals surface area (Å²) < 4.78 is 39.0. The van der Waals surface area contributed by atoms with Crippen LogP contribution in [0, 0.1) is 0 Å². The van der Waals surface area contributed by atoms with Crippen LogP contribution in [-0.4, -0.2) is 18.6 Å². The van der Waals surface area contributed by atoms with Gasteiger partial charge in [0.15, 0.2) is 0 Å². The molecule has 0 N–H and O–H groups in total. The average molecular weight is 307 g/mol.